The molecule has 0 unspecified atom stereocenters. The van der Waals surface area contributed by atoms with Crippen molar-refractivity contribution in [1.82, 2.24) is 10.6 Å². The standard InChI is InChI=1S/C19H33N3O3/c1-4-25-15-7-13-21-19(20-12-5-6-14-23-2)22-16-17-8-10-18(24-3)11-9-17/h8-11H,4-7,12-16H2,1-3H3,(H2,20,21,22). The average Bonchev–Trinajstić information content (AvgIpc) is 2.65. The highest BCUT2D eigenvalue weighted by Crippen LogP contribution is 2.11. The average molecular weight is 351 g/mol. The molecule has 0 spiro atoms. The molecule has 0 atom stereocenters. The van der Waals surface area contributed by atoms with Gasteiger partial charge in [-0.1, -0.05) is 12.1 Å². The van der Waals surface area contributed by atoms with Crippen LogP contribution in [0.1, 0.15) is 31.7 Å². The fourth-order valence-corrected chi connectivity index (χ4v) is 2.18. The molecule has 1 aromatic rings. The molecule has 0 aliphatic carbocycles. The SMILES string of the molecule is CCOCCCNC(=NCc1ccc(OC)cc1)NCCCCOC. The number of nitrogens with zero attached hydrogens (tertiary/aromatic N) is 1. The molecule has 1 rings (SSSR count). The van der Waals surface area contributed by atoms with Crippen LogP contribution in [0.25, 0.3) is 0 Å². The summed E-state index contributed by atoms with van der Waals surface area (Å²) >= 11 is 0. The Bertz CT molecular complexity index is 447. The van der Waals surface area contributed by atoms with Gasteiger partial charge in [-0.05, 0) is 43.9 Å². The number of nitrogens with one attached hydrogen (secondary N) is 2. The van der Waals surface area contributed by atoms with E-state index in [0.29, 0.717) is 6.54 Å². The van der Waals surface area contributed by atoms with Gasteiger partial charge in [0, 0.05) is 40.0 Å². The maximum atomic E-state index is 5.37. The van der Waals surface area contributed by atoms with E-state index < -0.39 is 0 Å². The van der Waals surface area contributed by atoms with Gasteiger partial charge >= 0.3 is 0 Å². The van der Waals surface area contributed by atoms with Gasteiger partial charge in [-0.3, -0.25) is 0 Å². The number of unbranched alkanes of at least 4 members (excludes halogenated alkanes) is 1. The summed E-state index contributed by atoms with van der Waals surface area (Å²) in [7, 11) is 3.40. The molecule has 6 nitrogen and oxygen atoms in total. The van der Waals surface area contributed by atoms with Crippen molar-refractivity contribution in [2.24, 2.45) is 4.99 Å². The van der Waals surface area contributed by atoms with Crippen LogP contribution < -0.4 is 15.4 Å². The molecule has 0 aliphatic heterocycles. The van der Waals surface area contributed by atoms with E-state index in [2.05, 4.69) is 15.6 Å². The first-order valence-corrected chi connectivity index (χ1v) is 9.02. The first-order chi connectivity index (χ1) is 12.3. The van der Waals surface area contributed by atoms with Crippen molar-refractivity contribution in [3.63, 3.8) is 0 Å². The Balaban J connectivity index is 2.45. The smallest absolute Gasteiger partial charge is 0.191 e. The largest absolute Gasteiger partial charge is 0.497 e. The maximum absolute atomic E-state index is 5.37. The highest BCUT2D eigenvalue weighted by molar-refractivity contribution is 5.79. The van der Waals surface area contributed by atoms with Crippen LogP contribution in [-0.2, 0) is 16.0 Å². The zero-order valence-corrected chi connectivity index (χ0v) is 15.8. The number of guanidine groups is 1. The summed E-state index contributed by atoms with van der Waals surface area (Å²) in [5, 5.41) is 6.75. The molecule has 25 heavy (non-hydrogen) atoms. The molecule has 0 amide bonds. The molecule has 0 bridgehead atoms. The third-order valence-electron chi connectivity index (χ3n) is 3.61. The Kier molecular flexibility index (Phi) is 12.4. The van der Waals surface area contributed by atoms with Gasteiger partial charge in [0.1, 0.15) is 5.75 Å². The molecule has 0 saturated carbocycles. The number of hydrogen-bond acceptors (Lipinski definition) is 4. The molecule has 0 heterocycles. The predicted octanol–water partition coefficient (Wildman–Crippen LogP) is 2.58. The summed E-state index contributed by atoms with van der Waals surface area (Å²) in [6.07, 6.45) is 3.05. The Morgan fingerprint density at radius 2 is 1.68 bits per heavy atom. The molecule has 2 N–H and O–H groups in total. The minimum absolute atomic E-state index is 0.628. The van der Waals surface area contributed by atoms with Crippen LogP contribution in [-0.4, -0.2) is 53.1 Å². The van der Waals surface area contributed by atoms with Crippen molar-refractivity contribution in [2.75, 3.05) is 47.1 Å². The van der Waals surface area contributed by atoms with E-state index in [0.717, 1.165) is 69.4 Å². The lowest BCUT2D eigenvalue weighted by Gasteiger charge is -2.13. The number of rotatable bonds is 13. The maximum Gasteiger partial charge on any atom is 0.191 e. The molecule has 1 aromatic carbocycles. The third-order valence-corrected chi connectivity index (χ3v) is 3.61. The first-order valence-electron chi connectivity index (χ1n) is 9.02. The van der Waals surface area contributed by atoms with Gasteiger partial charge in [0.15, 0.2) is 5.96 Å². The lowest BCUT2D eigenvalue weighted by molar-refractivity contribution is 0.145. The van der Waals surface area contributed by atoms with Crippen LogP contribution in [0.2, 0.25) is 0 Å². The van der Waals surface area contributed by atoms with Gasteiger partial charge in [0.05, 0.1) is 13.7 Å². The van der Waals surface area contributed by atoms with E-state index in [-0.39, 0.29) is 0 Å². The van der Waals surface area contributed by atoms with E-state index in [4.69, 9.17) is 14.2 Å². The summed E-state index contributed by atoms with van der Waals surface area (Å²) < 4.78 is 15.6. The predicted molar refractivity (Wildman–Crippen MR) is 102 cm³/mol. The first kappa shape index (κ1) is 21.3. The van der Waals surface area contributed by atoms with Crippen molar-refractivity contribution < 1.29 is 14.2 Å². The molecular formula is C19H33N3O3. The Hall–Kier alpha value is -1.79. The van der Waals surface area contributed by atoms with E-state index in [1.807, 2.05) is 31.2 Å². The third kappa shape index (κ3) is 10.6. The summed E-state index contributed by atoms with van der Waals surface area (Å²) in [6, 6.07) is 7.98. The highest BCUT2D eigenvalue weighted by Gasteiger charge is 2.00. The molecule has 0 aromatic heterocycles. The van der Waals surface area contributed by atoms with Gasteiger partial charge < -0.3 is 24.8 Å². The molecule has 0 fully saturated rings. The summed E-state index contributed by atoms with van der Waals surface area (Å²) in [6.45, 7) is 6.68. The van der Waals surface area contributed by atoms with Crippen molar-refractivity contribution >= 4 is 5.96 Å². The summed E-state index contributed by atoms with van der Waals surface area (Å²) in [5.74, 6) is 1.70. The van der Waals surface area contributed by atoms with Gasteiger partial charge in [0.25, 0.3) is 0 Å². The van der Waals surface area contributed by atoms with E-state index >= 15 is 0 Å². The van der Waals surface area contributed by atoms with E-state index in [1.54, 1.807) is 14.2 Å². The molecule has 0 aliphatic rings. The van der Waals surface area contributed by atoms with Gasteiger partial charge in [0.2, 0.25) is 0 Å². The second kappa shape index (κ2) is 14.5. The van der Waals surface area contributed by atoms with Crippen LogP contribution >= 0.6 is 0 Å². The lowest BCUT2D eigenvalue weighted by Crippen LogP contribution is -2.38. The van der Waals surface area contributed by atoms with Crippen molar-refractivity contribution in [1.29, 1.82) is 0 Å². The van der Waals surface area contributed by atoms with Crippen LogP contribution in [0.4, 0.5) is 0 Å². The molecule has 142 valence electrons. The normalized spacial score (nSPS) is 11.4. The lowest BCUT2D eigenvalue weighted by atomic mass is 10.2. The molecule has 6 heteroatoms. The van der Waals surface area contributed by atoms with Crippen LogP contribution in [0.15, 0.2) is 29.3 Å². The molecular weight excluding hydrogens is 318 g/mol. The van der Waals surface area contributed by atoms with Crippen LogP contribution in [0.5, 0.6) is 5.75 Å². The van der Waals surface area contributed by atoms with E-state index in [9.17, 15) is 0 Å². The number of aliphatic imine (C=N–C) groups is 1. The van der Waals surface area contributed by atoms with Crippen molar-refractivity contribution in [2.45, 2.75) is 32.7 Å². The Labute approximate surface area is 152 Å². The minimum Gasteiger partial charge on any atom is -0.497 e. The topological polar surface area (TPSA) is 64.1 Å². The van der Waals surface area contributed by atoms with Crippen LogP contribution in [0.3, 0.4) is 0 Å². The fourth-order valence-electron chi connectivity index (χ4n) is 2.18. The summed E-state index contributed by atoms with van der Waals surface area (Å²) in [4.78, 5) is 4.67. The fraction of sp³-hybridized carbons (Fsp3) is 0.632. The molecule has 0 radical (unpaired) electrons. The number of methoxy groups -OCH3 is 2. The van der Waals surface area contributed by atoms with Crippen LogP contribution in [0, 0.1) is 0 Å². The summed E-state index contributed by atoms with van der Waals surface area (Å²) in [5.41, 5.74) is 1.15. The quantitative estimate of drug-likeness (QED) is 0.325. The highest BCUT2D eigenvalue weighted by atomic mass is 16.5. The molecule has 0 saturated heterocycles. The Morgan fingerprint density at radius 3 is 2.32 bits per heavy atom. The number of benzene rings is 1. The number of hydrogen-bond donors (Lipinski definition) is 2. The monoisotopic (exact) mass is 351 g/mol. The zero-order chi connectivity index (χ0) is 18.2. The van der Waals surface area contributed by atoms with Gasteiger partial charge in [-0.25, -0.2) is 4.99 Å². The zero-order valence-electron chi connectivity index (χ0n) is 15.8. The second-order valence-electron chi connectivity index (χ2n) is 5.62. The Morgan fingerprint density at radius 1 is 0.960 bits per heavy atom. The van der Waals surface area contributed by atoms with E-state index in [1.165, 1.54) is 0 Å². The minimum atomic E-state index is 0.628. The van der Waals surface area contributed by atoms with Gasteiger partial charge in [-0.2, -0.15) is 0 Å². The van der Waals surface area contributed by atoms with Crippen molar-refractivity contribution in [3.05, 3.63) is 29.8 Å². The second-order valence-corrected chi connectivity index (χ2v) is 5.62. The van der Waals surface area contributed by atoms with Gasteiger partial charge in [-0.15, -0.1) is 0 Å². The van der Waals surface area contributed by atoms with Crippen molar-refractivity contribution in [3.8, 4) is 5.75 Å². The number of ether oxygens (including phenoxy) is 3.